The van der Waals surface area contributed by atoms with Crippen molar-refractivity contribution in [1.29, 1.82) is 0 Å². The van der Waals surface area contributed by atoms with Crippen molar-refractivity contribution in [2.24, 2.45) is 0 Å². The zero-order valence-corrected chi connectivity index (χ0v) is 8.41. The Kier molecular flexibility index (Phi) is 4.51. The van der Waals surface area contributed by atoms with Gasteiger partial charge in [0.15, 0.2) is 0 Å². The Morgan fingerprint density at radius 3 is 2.45 bits per heavy atom. The molecule has 64 valence electrons. The fourth-order valence-corrected chi connectivity index (χ4v) is 0.854. The SMILES string of the molecule is C=C[C@@](C)(Cl)CCC=C(C)C. The Bertz CT molecular complexity index is 150. The van der Waals surface area contributed by atoms with Gasteiger partial charge in [-0.1, -0.05) is 17.7 Å². The van der Waals surface area contributed by atoms with Gasteiger partial charge in [-0.2, -0.15) is 0 Å². The molecule has 1 atom stereocenters. The number of alkyl halides is 1. The molecule has 11 heavy (non-hydrogen) atoms. The van der Waals surface area contributed by atoms with E-state index in [-0.39, 0.29) is 4.87 Å². The van der Waals surface area contributed by atoms with Crippen molar-refractivity contribution in [3.8, 4) is 0 Å². The van der Waals surface area contributed by atoms with Crippen molar-refractivity contribution in [1.82, 2.24) is 0 Å². The van der Waals surface area contributed by atoms with Gasteiger partial charge in [0.05, 0.1) is 4.87 Å². The molecule has 0 aromatic carbocycles. The maximum Gasteiger partial charge on any atom is 0.0598 e. The molecule has 0 heterocycles. The zero-order valence-electron chi connectivity index (χ0n) is 7.65. The van der Waals surface area contributed by atoms with Gasteiger partial charge in [0.25, 0.3) is 0 Å². The molecule has 0 aromatic rings. The van der Waals surface area contributed by atoms with Crippen LogP contribution in [-0.2, 0) is 0 Å². The minimum absolute atomic E-state index is 0.230. The molecule has 0 bridgehead atoms. The topological polar surface area (TPSA) is 0 Å². The van der Waals surface area contributed by atoms with Crippen LogP contribution in [0.15, 0.2) is 24.3 Å². The fourth-order valence-electron chi connectivity index (χ4n) is 0.745. The van der Waals surface area contributed by atoms with Crippen molar-refractivity contribution >= 4 is 11.6 Å². The maximum absolute atomic E-state index is 6.06. The minimum atomic E-state index is -0.230. The van der Waals surface area contributed by atoms with E-state index < -0.39 is 0 Å². The lowest BCUT2D eigenvalue weighted by Gasteiger charge is -2.14. The van der Waals surface area contributed by atoms with Crippen LogP contribution in [0.2, 0.25) is 0 Å². The third kappa shape index (κ3) is 6.18. The summed E-state index contributed by atoms with van der Waals surface area (Å²) < 4.78 is 0. The predicted molar refractivity (Wildman–Crippen MR) is 53.1 cm³/mol. The lowest BCUT2D eigenvalue weighted by atomic mass is 10.0. The summed E-state index contributed by atoms with van der Waals surface area (Å²) in [4.78, 5) is -0.230. The Hall–Kier alpha value is -0.230. The second kappa shape index (κ2) is 4.61. The highest BCUT2D eigenvalue weighted by atomic mass is 35.5. The summed E-state index contributed by atoms with van der Waals surface area (Å²) in [6, 6.07) is 0. The quantitative estimate of drug-likeness (QED) is 0.446. The van der Waals surface area contributed by atoms with Crippen LogP contribution in [0, 0.1) is 0 Å². The molecular weight excluding hydrogens is 156 g/mol. The number of hydrogen-bond acceptors (Lipinski definition) is 0. The van der Waals surface area contributed by atoms with Crippen molar-refractivity contribution in [3.05, 3.63) is 24.3 Å². The van der Waals surface area contributed by atoms with Crippen LogP contribution >= 0.6 is 11.6 Å². The molecule has 0 unspecified atom stereocenters. The molecule has 0 saturated carbocycles. The van der Waals surface area contributed by atoms with Crippen molar-refractivity contribution in [2.45, 2.75) is 38.5 Å². The Labute approximate surface area is 74.9 Å². The van der Waals surface area contributed by atoms with E-state index in [4.69, 9.17) is 11.6 Å². The van der Waals surface area contributed by atoms with Crippen LogP contribution in [0.1, 0.15) is 33.6 Å². The van der Waals surface area contributed by atoms with Crippen LogP contribution in [0.3, 0.4) is 0 Å². The van der Waals surface area contributed by atoms with Gasteiger partial charge in [0.2, 0.25) is 0 Å². The Morgan fingerprint density at radius 1 is 1.55 bits per heavy atom. The van der Waals surface area contributed by atoms with E-state index in [1.807, 2.05) is 6.92 Å². The lowest BCUT2D eigenvalue weighted by Crippen LogP contribution is -2.10. The van der Waals surface area contributed by atoms with Crippen LogP contribution in [0.4, 0.5) is 0 Å². The third-order valence-corrected chi connectivity index (χ3v) is 1.95. The highest BCUT2D eigenvalue weighted by Gasteiger charge is 2.13. The van der Waals surface area contributed by atoms with Gasteiger partial charge in [-0.15, -0.1) is 18.2 Å². The molecule has 0 aliphatic carbocycles. The number of halogens is 1. The second-order valence-electron chi connectivity index (χ2n) is 3.30. The lowest BCUT2D eigenvalue weighted by molar-refractivity contribution is 0.697. The van der Waals surface area contributed by atoms with Crippen molar-refractivity contribution in [3.63, 3.8) is 0 Å². The molecule has 0 spiro atoms. The number of hydrogen-bond donors (Lipinski definition) is 0. The van der Waals surface area contributed by atoms with E-state index in [9.17, 15) is 0 Å². The predicted octanol–water partition coefficient (Wildman–Crippen LogP) is 3.92. The van der Waals surface area contributed by atoms with Crippen LogP contribution in [0.5, 0.6) is 0 Å². The largest absolute Gasteiger partial charge is 0.115 e. The first-order valence-corrected chi connectivity index (χ1v) is 4.31. The van der Waals surface area contributed by atoms with Gasteiger partial charge < -0.3 is 0 Å². The van der Waals surface area contributed by atoms with E-state index in [1.54, 1.807) is 6.08 Å². The van der Waals surface area contributed by atoms with Gasteiger partial charge in [-0.3, -0.25) is 0 Å². The van der Waals surface area contributed by atoms with Gasteiger partial charge >= 0.3 is 0 Å². The average Bonchev–Trinajstić information content (AvgIpc) is 1.87. The first-order chi connectivity index (χ1) is 4.98. The van der Waals surface area contributed by atoms with Crippen LogP contribution < -0.4 is 0 Å². The second-order valence-corrected chi connectivity index (χ2v) is 4.17. The van der Waals surface area contributed by atoms with Crippen molar-refractivity contribution < 1.29 is 0 Å². The zero-order chi connectivity index (χ0) is 8.91. The van der Waals surface area contributed by atoms with E-state index in [0.29, 0.717) is 0 Å². The molecule has 0 aromatic heterocycles. The molecule has 0 aliphatic heterocycles. The first kappa shape index (κ1) is 10.8. The molecular formula is C10H17Cl. The Balaban J connectivity index is 3.71. The molecule has 0 amide bonds. The van der Waals surface area contributed by atoms with Crippen LogP contribution in [0.25, 0.3) is 0 Å². The Morgan fingerprint density at radius 2 is 2.09 bits per heavy atom. The summed E-state index contributed by atoms with van der Waals surface area (Å²) in [6.07, 6.45) is 6.00. The molecule has 0 rings (SSSR count). The third-order valence-electron chi connectivity index (χ3n) is 1.61. The monoisotopic (exact) mass is 172 g/mol. The summed E-state index contributed by atoms with van der Waals surface area (Å²) in [6.45, 7) is 9.86. The first-order valence-electron chi connectivity index (χ1n) is 3.94. The van der Waals surface area contributed by atoms with E-state index >= 15 is 0 Å². The van der Waals surface area contributed by atoms with Gasteiger partial charge in [0.1, 0.15) is 0 Å². The summed E-state index contributed by atoms with van der Waals surface area (Å²) in [7, 11) is 0. The van der Waals surface area contributed by atoms with E-state index in [0.717, 1.165) is 12.8 Å². The summed E-state index contributed by atoms with van der Waals surface area (Å²) in [5.41, 5.74) is 1.35. The van der Waals surface area contributed by atoms with Gasteiger partial charge in [-0.05, 0) is 33.6 Å². The molecule has 0 fully saturated rings. The molecule has 0 radical (unpaired) electrons. The maximum atomic E-state index is 6.06. The molecule has 0 saturated heterocycles. The highest BCUT2D eigenvalue weighted by molar-refractivity contribution is 6.24. The van der Waals surface area contributed by atoms with Crippen molar-refractivity contribution in [2.75, 3.05) is 0 Å². The van der Waals surface area contributed by atoms with Gasteiger partial charge in [-0.25, -0.2) is 0 Å². The summed E-state index contributed by atoms with van der Waals surface area (Å²) in [5.74, 6) is 0. The highest BCUT2D eigenvalue weighted by Crippen LogP contribution is 2.22. The fraction of sp³-hybridized carbons (Fsp3) is 0.600. The average molecular weight is 173 g/mol. The number of rotatable bonds is 4. The smallest absolute Gasteiger partial charge is 0.0598 e. The standard InChI is InChI=1S/C10H17Cl/c1-5-10(4,11)8-6-7-9(2)3/h5,7H,1,6,8H2,2-4H3/t10-/m1/s1. The minimum Gasteiger partial charge on any atom is -0.115 e. The molecule has 1 heteroatoms. The molecule has 0 nitrogen and oxygen atoms in total. The summed E-state index contributed by atoms with van der Waals surface area (Å²) >= 11 is 6.06. The van der Waals surface area contributed by atoms with E-state index in [1.165, 1.54) is 5.57 Å². The molecule has 0 N–H and O–H groups in total. The van der Waals surface area contributed by atoms with Crippen LogP contribution in [-0.4, -0.2) is 4.87 Å². The van der Waals surface area contributed by atoms with E-state index in [2.05, 4.69) is 26.5 Å². The summed E-state index contributed by atoms with van der Waals surface area (Å²) in [5, 5.41) is 0. The normalized spacial score (nSPS) is 15.3. The van der Waals surface area contributed by atoms with Gasteiger partial charge in [0, 0.05) is 0 Å². The molecule has 0 aliphatic rings. The number of allylic oxidation sites excluding steroid dienone is 3.